The molecule has 0 aliphatic heterocycles. The number of H-pyrrole nitrogens is 1. The Morgan fingerprint density at radius 3 is 2.74 bits per heavy atom. The largest absolute Gasteiger partial charge is 0.367 e. The molecule has 1 heterocycles. The molecule has 0 radical (unpaired) electrons. The minimum atomic E-state index is -0.423. The monoisotopic (exact) mass is 265 g/mol. The number of nitrogens with zero attached hydrogens (tertiary/aromatic N) is 1. The minimum Gasteiger partial charge on any atom is -0.367 e. The van der Waals surface area contributed by atoms with Gasteiger partial charge in [0, 0.05) is 24.9 Å². The minimum absolute atomic E-state index is 0.148. The van der Waals surface area contributed by atoms with Gasteiger partial charge in [0.1, 0.15) is 11.4 Å². The second-order valence-electron chi connectivity index (χ2n) is 5.40. The SMILES string of the molecule is CCOC1(c2ncc(CN)c(=O)[nH]2)CCC(C)CC1. The predicted octanol–water partition coefficient (Wildman–Crippen LogP) is 1.67. The lowest BCUT2D eigenvalue weighted by molar-refractivity contribution is -0.0838. The second-order valence-corrected chi connectivity index (χ2v) is 5.40. The van der Waals surface area contributed by atoms with Crippen LogP contribution in [-0.4, -0.2) is 16.6 Å². The maximum atomic E-state index is 11.9. The molecule has 1 aromatic heterocycles. The van der Waals surface area contributed by atoms with Gasteiger partial charge in [0.2, 0.25) is 0 Å². The van der Waals surface area contributed by atoms with Gasteiger partial charge in [0.05, 0.1) is 0 Å². The topological polar surface area (TPSA) is 81.0 Å². The van der Waals surface area contributed by atoms with E-state index < -0.39 is 5.60 Å². The molecule has 0 unspecified atom stereocenters. The van der Waals surface area contributed by atoms with Gasteiger partial charge in [0.25, 0.3) is 5.56 Å². The summed E-state index contributed by atoms with van der Waals surface area (Å²) in [6.07, 6.45) is 5.59. The highest BCUT2D eigenvalue weighted by molar-refractivity contribution is 5.11. The molecule has 1 aliphatic rings. The van der Waals surface area contributed by atoms with Crippen molar-refractivity contribution in [2.45, 2.75) is 51.7 Å². The Labute approximate surface area is 113 Å². The summed E-state index contributed by atoms with van der Waals surface area (Å²) in [4.78, 5) is 19.1. The first kappa shape index (κ1) is 14.2. The Bertz CT molecular complexity index is 476. The van der Waals surface area contributed by atoms with E-state index in [9.17, 15) is 4.79 Å². The van der Waals surface area contributed by atoms with Gasteiger partial charge in [-0.15, -0.1) is 0 Å². The Balaban J connectivity index is 2.33. The van der Waals surface area contributed by atoms with Crippen LogP contribution in [0, 0.1) is 5.92 Å². The smallest absolute Gasteiger partial charge is 0.255 e. The molecule has 0 bridgehead atoms. The number of aromatic nitrogens is 2. The Kier molecular flexibility index (Phi) is 4.37. The molecule has 0 atom stereocenters. The molecular weight excluding hydrogens is 242 g/mol. The molecule has 5 heteroatoms. The molecule has 19 heavy (non-hydrogen) atoms. The van der Waals surface area contributed by atoms with Crippen LogP contribution in [0.25, 0.3) is 0 Å². The molecule has 0 saturated heterocycles. The Hall–Kier alpha value is -1.20. The van der Waals surface area contributed by atoms with Crippen LogP contribution < -0.4 is 11.3 Å². The fourth-order valence-electron chi connectivity index (χ4n) is 2.75. The fourth-order valence-corrected chi connectivity index (χ4v) is 2.75. The molecule has 3 N–H and O–H groups in total. The number of ether oxygens (including phenoxy) is 1. The van der Waals surface area contributed by atoms with Gasteiger partial charge in [-0.2, -0.15) is 0 Å². The number of hydrogen-bond donors (Lipinski definition) is 2. The van der Waals surface area contributed by atoms with E-state index in [1.54, 1.807) is 6.20 Å². The van der Waals surface area contributed by atoms with Crippen LogP contribution >= 0.6 is 0 Å². The zero-order valence-corrected chi connectivity index (χ0v) is 11.7. The van der Waals surface area contributed by atoms with Crippen LogP contribution in [0.5, 0.6) is 0 Å². The second kappa shape index (κ2) is 5.84. The summed E-state index contributed by atoms with van der Waals surface area (Å²) in [6, 6.07) is 0. The van der Waals surface area contributed by atoms with Gasteiger partial charge in [-0.1, -0.05) is 6.92 Å². The molecule has 0 aromatic carbocycles. The third kappa shape index (κ3) is 2.87. The van der Waals surface area contributed by atoms with E-state index in [2.05, 4.69) is 16.9 Å². The van der Waals surface area contributed by atoms with E-state index in [-0.39, 0.29) is 12.1 Å². The van der Waals surface area contributed by atoms with Crippen LogP contribution in [0.2, 0.25) is 0 Å². The van der Waals surface area contributed by atoms with Gasteiger partial charge in [-0.25, -0.2) is 4.98 Å². The lowest BCUT2D eigenvalue weighted by atomic mass is 9.79. The van der Waals surface area contributed by atoms with Crippen molar-refractivity contribution in [1.29, 1.82) is 0 Å². The summed E-state index contributed by atoms with van der Waals surface area (Å²) in [5, 5.41) is 0. The normalized spacial score (nSPS) is 27.4. The van der Waals surface area contributed by atoms with Crippen molar-refractivity contribution < 1.29 is 4.74 Å². The summed E-state index contributed by atoms with van der Waals surface area (Å²) in [5.74, 6) is 1.37. The maximum Gasteiger partial charge on any atom is 0.255 e. The zero-order valence-electron chi connectivity index (χ0n) is 11.7. The molecule has 0 spiro atoms. The van der Waals surface area contributed by atoms with Crippen molar-refractivity contribution in [3.8, 4) is 0 Å². The van der Waals surface area contributed by atoms with Gasteiger partial charge < -0.3 is 15.5 Å². The van der Waals surface area contributed by atoms with E-state index in [0.29, 0.717) is 23.9 Å². The first-order valence-electron chi connectivity index (χ1n) is 7.04. The van der Waals surface area contributed by atoms with E-state index in [1.165, 1.54) is 0 Å². The van der Waals surface area contributed by atoms with Gasteiger partial charge in [-0.05, 0) is 38.5 Å². The summed E-state index contributed by atoms with van der Waals surface area (Å²) in [7, 11) is 0. The highest BCUT2D eigenvalue weighted by atomic mass is 16.5. The van der Waals surface area contributed by atoms with Gasteiger partial charge in [0.15, 0.2) is 0 Å². The molecule has 1 fully saturated rings. The molecule has 1 saturated carbocycles. The van der Waals surface area contributed by atoms with Crippen molar-refractivity contribution in [1.82, 2.24) is 9.97 Å². The average Bonchev–Trinajstić information content (AvgIpc) is 2.42. The molecule has 106 valence electrons. The van der Waals surface area contributed by atoms with Gasteiger partial charge in [-0.3, -0.25) is 4.79 Å². The molecule has 1 aromatic rings. The molecular formula is C14H23N3O2. The highest BCUT2D eigenvalue weighted by Gasteiger charge is 2.38. The summed E-state index contributed by atoms with van der Waals surface area (Å²) < 4.78 is 5.97. The predicted molar refractivity (Wildman–Crippen MR) is 73.7 cm³/mol. The van der Waals surface area contributed by atoms with Gasteiger partial charge >= 0.3 is 0 Å². The van der Waals surface area contributed by atoms with E-state index in [1.807, 2.05) is 6.92 Å². The molecule has 1 aliphatic carbocycles. The van der Waals surface area contributed by atoms with Crippen molar-refractivity contribution in [3.63, 3.8) is 0 Å². The van der Waals surface area contributed by atoms with Crippen molar-refractivity contribution in [2.75, 3.05) is 6.61 Å². The number of nitrogens with two attached hydrogens (primary N) is 1. The van der Waals surface area contributed by atoms with E-state index in [0.717, 1.165) is 25.7 Å². The standard InChI is InChI=1S/C14H23N3O2/c1-3-19-14(6-4-10(2)5-7-14)13-16-9-11(8-15)12(18)17-13/h9-10H,3-8,15H2,1-2H3,(H,16,17,18). The quantitative estimate of drug-likeness (QED) is 0.867. The van der Waals surface area contributed by atoms with Crippen molar-refractivity contribution >= 4 is 0 Å². The molecule has 0 amide bonds. The van der Waals surface area contributed by atoms with Crippen molar-refractivity contribution in [2.24, 2.45) is 11.7 Å². The van der Waals surface area contributed by atoms with Crippen LogP contribution in [0.3, 0.4) is 0 Å². The Morgan fingerprint density at radius 2 is 2.21 bits per heavy atom. The van der Waals surface area contributed by atoms with Crippen LogP contribution in [0.15, 0.2) is 11.0 Å². The molecule has 5 nitrogen and oxygen atoms in total. The molecule has 2 rings (SSSR count). The summed E-state index contributed by atoms with van der Waals surface area (Å²) >= 11 is 0. The zero-order chi connectivity index (χ0) is 13.9. The first-order chi connectivity index (χ1) is 9.11. The first-order valence-corrected chi connectivity index (χ1v) is 7.04. The maximum absolute atomic E-state index is 11.9. The van der Waals surface area contributed by atoms with E-state index >= 15 is 0 Å². The number of rotatable bonds is 4. The van der Waals surface area contributed by atoms with E-state index in [4.69, 9.17) is 10.5 Å². The number of aromatic amines is 1. The van der Waals surface area contributed by atoms with Crippen LogP contribution in [0.4, 0.5) is 0 Å². The van der Waals surface area contributed by atoms with Crippen LogP contribution in [-0.2, 0) is 16.9 Å². The number of hydrogen-bond acceptors (Lipinski definition) is 4. The average molecular weight is 265 g/mol. The lowest BCUT2D eigenvalue weighted by Crippen LogP contribution is -2.38. The fraction of sp³-hybridized carbons (Fsp3) is 0.714. The lowest BCUT2D eigenvalue weighted by Gasteiger charge is -2.38. The third-order valence-corrected chi connectivity index (χ3v) is 4.03. The Morgan fingerprint density at radius 1 is 1.53 bits per heavy atom. The third-order valence-electron chi connectivity index (χ3n) is 4.03. The van der Waals surface area contributed by atoms with Crippen molar-refractivity contribution in [3.05, 3.63) is 27.9 Å². The highest BCUT2D eigenvalue weighted by Crippen LogP contribution is 2.40. The van der Waals surface area contributed by atoms with Crippen LogP contribution in [0.1, 0.15) is 50.9 Å². The number of nitrogens with one attached hydrogen (secondary N) is 1. The summed E-state index contributed by atoms with van der Waals surface area (Å²) in [6.45, 7) is 5.06. The summed E-state index contributed by atoms with van der Waals surface area (Å²) in [5.41, 5.74) is 5.44.